The van der Waals surface area contributed by atoms with Crippen LogP contribution in [0.1, 0.15) is 63.9 Å². The summed E-state index contributed by atoms with van der Waals surface area (Å²) >= 11 is 0. The molecule has 0 heterocycles. The highest BCUT2D eigenvalue weighted by Crippen LogP contribution is 2.26. The molecule has 2 heteroatoms. The largest absolute Gasteiger partial charge is 0.399 e. The summed E-state index contributed by atoms with van der Waals surface area (Å²) in [6.45, 7) is 2.27. The van der Waals surface area contributed by atoms with Gasteiger partial charge in [-0.1, -0.05) is 64.0 Å². The molecule has 0 saturated heterocycles. The van der Waals surface area contributed by atoms with Gasteiger partial charge in [-0.25, -0.2) is 0 Å². The van der Waals surface area contributed by atoms with E-state index in [1.54, 1.807) is 0 Å². The molecule has 120 valence electrons. The van der Waals surface area contributed by atoms with Crippen molar-refractivity contribution in [2.24, 2.45) is 0 Å². The van der Waals surface area contributed by atoms with Crippen LogP contribution in [0.3, 0.4) is 0 Å². The maximum atomic E-state index is 6.16. The van der Waals surface area contributed by atoms with Crippen LogP contribution in [0.15, 0.2) is 30.3 Å². The van der Waals surface area contributed by atoms with Gasteiger partial charge < -0.3 is 11.5 Å². The predicted octanol–water partition coefficient (Wildman–Crippen LogP) is 5.69. The second-order valence-electron chi connectivity index (χ2n) is 6.39. The quantitative estimate of drug-likeness (QED) is 0.461. The fraction of sp³-hybridized carbons (Fsp3) is 0.500. The number of anilines is 2. The molecule has 2 aromatic rings. The molecule has 0 amide bonds. The number of rotatable bonds is 9. The van der Waals surface area contributed by atoms with Crippen LogP contribution < -0.4 is 11.5 Å². The summed E-state index contributed by atoms with van der Waals surface area (Å²) in [5.74, 6) is 0. The van der Waals surface area contributed by atoms with E-state index in [1.807, 2.05) is 18.2 Å². The predicted molar refractivity (Wildman–Crippen MR) is 99.1 cm³/mol. The third kappa shape index (κ3) is 4.94. The van der Waals surface area contributed by atoms with Gasteiger partial charge in [-0.05, 0) is 42.0 Å². The zero-order chi connectivity index (χ0) is 15.8. The summed E-state index contributed by atoms with van der Waals surface area (Å²) in [7, 11) is 0. The number of nitrogens with two attached hydrogens (primary N) is 2. The van der Waals surface area contributed by atoms with E-state index >= 15 is 0 Å². The average Bonchev–Trinajstić information content (AvgIpc) is 2.49. The number of unbranched alkanes of at least 4 members (excludes halogenated alkanes) is 7. The molecular formula is C20H30N2. The molecule has 22 heavy (non-hydrogen) atoms. The molecule has 0 bridgehead atoms. The zero-order valence-corrected chi connectivity index (χ0v) is 13.9. The first-order valence-corrected chi connectivity index (χ1v) is 8.78. The van der Waals surface area contributed by atoms with Crippen LogP contribution in [0.5, 0.6) is 0 Å². The van der Waals surface area contributed by atoms with Crippen molar-refractivity contribution in [2.45, 2.75) is 64.7 Å². The number of nitrogen functional groups attached to an aromatic ring is 2. The van der Waals surface area contributed by atoms with Crippen molar-refractivity contribution in [3.63, 3.8) is 0 Å². The van der Waals surface area contributed by atoms with Gasteiger partial charge in [-0.2, -0.15) is 0 Å². The lowest BCUT2D eigenvalue weighted by molar-refractivity contribution is 0.575. The van der Waals surface area contributed by atoms with E-state index in [2.05, 4.69) is 19.1 Å². The molecule has 2 aromatic carbocycles. The Hall–Kier alpha value is -1.70. The molecule has 0 radical (unpaired) electrons. The minimum atomic E-state index is 0.802. The van der Waals surface area contributed by atoms with E-state index in [9.17, 15) is 0 Å². The lowest BCUT2D eigenvalue weighted by Gasteiger charge is -2.08. The third-order valence-corrected chi connectivity index (χ3v) is 4.39. The van der Waals surface area contributed by atoms with Crippen LogP contribution in [0.25, 0.3) is 10.8 Å². The molecule has 0 saturated carbocycles. The molecule has 0 aliphatic rings. The Kier molecular flexibility index (Phi) is 6.57. The Morgan fingerprint density at radius 2 is 1.45 bits per heavy atom. The molecule has 4 N–H and O–H groups in total. The first-order chi connectivity index (χ1) is 10.7. The van der Waals surface area contributed by atoms with E-state index in [1.165, 1.54) is 56.9 Å². The molecule has 0 spiro atoms. The second-order valence-corrected chi connectivity index (χ2v) is 6.39. The van der Waals surface area contributed by atoms with Crippen molar-refractivity contribution >= 4 is 22.1 Å². The normalized spacial score (nSPS) is 11.1. The fourth-order valence-corrected chi connectivity index (χ4v) is 3.09. The molecule has 0 aliphatic heterocycles. The Balaban J connectivity index is 1.79. The van der Waals surface area contributed by atoms with Crippen LogP contribution in [0.2, 0.25) is 0 Å². The number of fused-ring (bicyclic) bond motifs is 1. The first kappa shape index (κ1) is 16.7. The summed E-state index contributed by atoms with van der Waals surface area (Å²) in [6, 6.07) is 10.3. The Labute approximate surface area is 134 Å². The molecule has 2 rings (SSSR count). The number of aryl methyl sites for hydroxylation is 1. The highest BCUT2D eigenvalue weighted by Gasteiger charge is 2.02. The molecule has 0 fully saturated rings. The van der Waals surface area contributed by atoms with Gasteiger partial charge >= 0.3 is 0 Å². The van der Waals surface area contributed by atoms with Gasteiger partial charge in [0.25, 0.3) is 0 Å². The topological polar surface area (TPSA) is 52.0 Å². The van der Waals surface area contributed by atoms with Gasteiger partial charge in [0.2, 0.25) is 0 Å². The monoisotopic (exact) mass is 298 g/mol. The van der Waals surface area contributed by atoms with Crippen molar-refractivity contribution in [1.29, 1.82) is 0 Å². The standard InChI is InChI=1S/C20H30N2/c1-2-3-4-5-6-7-8-9-10-16-13-17-15-18(21)11-12-19(17)20(22)14-16/h11-15H,2-10,21-22H2,1H3. The van der Waals surface area contributed by atoms with Crippen LogP contribution in [0, 0.1) is 0 Å². The summed E-state index contributed by atoms with van der Waals surface area (Å²) in [5.41, 5.74) is 15.0. The molecule has 0 aromatic heterocycles. The van der Waals surface area contributed by atoms with Crippen LogP contribution >= 0.6 is 0 Å². The van der Waals surface area contributed by atoms with Crippen molar-refractivity contribution in [3.8, 4) is 0 Å². The summed E-state index contributed by atoms with van der Waals surface area (Å²) < 4.78 is 0. The van der Waals surface area contributed by atoms with E-state index in [0.29, 0.717) is 0 Å². The van der Waals surface area contributed by atoms with Gasteiger partial charge in [-0.3, -0.25) is 0 Å². The Bertz CT molecular complexity index is 590. The van der Waals surface area contributed by atoms with Gasteiger partial charge in [0, 0.05) is 16.8 Å². The molecule has 0 atom stereocenters. The van der Waals surface area contributed by atoms with Gasteiger partial charge in [0.15, 0.2) is 0 Å². The van der Waals surface area contributed by atoms with E-state index in [0.717, 1.165) is 28.6 Å². The maximum absolute atomic E-state index is 6.16. The van der Waals surface area contributed by atoms with Gasteiger partial charge in [0.05, 0.1) is 0 Å². The van der Waals surface area contributed by atoms with Gasteiger partial charge in [0.1, 0.15) is 0 Å². The smallest absolute Gasteiger partial charge is 0.0396 e. The van der Waals surface area contributed by atoms with E-state index in [4.69, 9.17) is 11.5 Å². The van der Waals surface area contributed by atoms with Crippen molar-refractivity contribution in [3.05, 3.63) is 35.9 Å². The third-order valence-electron chi connectivity index (χ3n) is 4.39. The maximum Gasteiger partial charge on any atom is 0.0396 e. The van der Waals surface area contributed by atoms with E-state index in [-0.39, 0.29) is 0 Å². The lowest BCUT2D eigenvalue weighted by Crippen LogP contribution is -1.93. The van der Waals surface area contributed by atoms with Crippen molar-refractivity contribution in [1.82, 2.24) is 0 Å². The summed E-state index contributed by atoms with van der Waals surface area (Å²) in [6.07, 6.45) is 11.9. The van der Waals surface area contributed by atoms with Gasteiger partial charge in [-0.15, -0.1) is 0 Å². The van der Waals surface area contributed by atoms with Crippen LogP contribution in [0.4, 0.5) is 11.4 Å². The minimum absolute atomic E-state index is 0.802. The van der Waals surface area contributed by atoms with Crippen LogP contribution in [-0.2, 0) is 6.42 Å². The lowest BCUT2D eigenvalue weighted by atomic mass is 10.00. The Morgan fingerprint density at radius 3 is 2.18 bits per heavy atom. The van der Waals surface area contributed by atoms with Crippen molar-refractivity contribution in [2.75, 3.05) is 11.5 Å². The average molecular weight is 298 g/mol. The number of hydrogen-bond acceptors (Lipinski definition) is 2. The molecule has 0 aliphatic carbocycles. The van der Waals surface area contributed by atoms with E-state index < -0.39 is 0 Å². The molecule has 2 nitrogen and oxygen atoms in total. The highest BCUT2D eigenvalue weighted by atomic mass is 14.6. The highest BCUT2D eigenvalue weighted by molar-refractivity contribution is 5.95. The molecule has 0 unspecified atom stereocenters. The first-order valence-electron chi connectivity index (χ1n) is 8.78. The van der Waals surface area contributed by atoms with Crippen molar-refractivity contribution < 1.29 is 0 Å². The minimum Gasteiger partial charge on any atom is -0.399 e. The SMILES string of the molecule is CCCCCCCCCCc1cc(N)c2ccc(N)cc2c1. The van der Waals surface area contributed by atoms with Crippen LogP contribution in [-0.4, -0.2) is 0 Å². The second kappa shape index (κ2) is 8.67. The zero-order valence-electron chi connectivity index (χ0n) is 13.9. The number of hydrogen-bond donors (Lipinski definition) is 2. The molecular weight excluding hydrogens is 268 g/mol. The number of benzene rings is 2. The summed E-state index contributed by atoms with van der Waals surface area (Å²) in [5, 5.41) is 2.27. The fourth-order valence-electron chi connectivity index (χ4n) is 3.09. The summed E-state index contributed by atoms with van der Waals surface area (Å²) in [4.78, 5) is 0. The Morgan fingerprint density at radius 1 is 0.773 bits per heavy atom.